The van der Waals surface area contributed by atoms with Crippen molar-refractivity contribution in [2.75, 3.05) is 7.11 Å². The van der Waals surface area contributed by atoms with E-state index in [0.717, 1.165) is 40.4 Å². The summed E-state index contributed by atoms with van der Waals surface area (Å²) in [5, 5.41) is 4.55. The van der Waals surface area contributed by atoms with Crippen LogP contribution in [0.3, 0.4) is 0 Å². The maximum atomic E-state index is 5.52. The third-order valence-electron chi connectivity index (χ3n) is 3.62. The lowest BCUT2D eigenvalue weighted by molar-refractivity contribution is 0.412. The number of fused-ring (bicyclic) bond motifs is 1. The average molecular weight is 302 g/mol. The summed E-state index contributed by atoms with van der Waals surface area (Å²) in [6, 6.07) is 6.06. The van der Waals surface area contributed by atoms with Gasteiger partial charge in [-0.2, -0.15) is 5.10 Å². The summed E-state index contributed by atoms with van der Waals surface area (Å²) in [5.41, 5.74) is 4.99. The van der Waals surface area contributed by atoms with E-state index in [4.69, 9.17) is 17.0 Å². The zero-order valence-corrected chi connectivity index (χ0v) is 13.4. The number of hydrogen-bond acceptors (Lipinski definition) is 3. The number of methoxy groups -OCH3 is 1. The average Bonchev–Trinajstić information content (AvgIpc) is 2.95. The summed E-state index contributed by atoms with van der Waals surface area (Å²) in [6.07, 6.45) is 0. The van der Waals surface area contributed by atoms with Gasteiger partial charge < -0.3 is 9.72 Å². The molecular formula is C15H18N4OS. The van der Waals surface area contributed by atoms with Gasteiger partial charge in [-0.05, 0) is 50.7 Å². The van der Waals surface area contributed by atoms with Crippen LogP contribution >= 0.6 is 12.2 Å². The molecule has 0 amide bonds. The number of aromatic nitrogens is 4. The summed E-state index contributed by atoms with van der Waals surface area (Å²) >= 11 is 5.52. The molecule has 2 heterocycles. The largest absolute Gasteiger partial charge is 0.495 e. The second-order valence-electron chi connectivity index (χ2n) is 5.04. The first kappa shape index (κ1) is 13.9. The maximum absolute atomic E-state index is 5.52. The number of aromatic amines is 1. The van der Waals surface area contributed by atoms with Crippen molar-refractivity contribution >= 4 is 23.4 Å². The molecule has 0 spiro atoms. The van der Waals surface area contributed by atoms with Gasteiger partial charge in [0.1, 0.15) is 11.3 Å². The Labute approximate surface area is 128 Å². The highest BCUT2D eigenvalue weighted by molar-refractivity contribution is 7.71. The van der Waals surface area contributed by atoms with E-state index in [0.29, 0.717) is 4.77 Å². The molecule has 0 aliphatic heterocycles. The molecular weight excluding hydrogens is 284 g/mol. The van der Waals surface area contributed by atoms with Gasteiger partial charge in [0.05, 0.1) is 18.5 Å². The van der Waals surface area contributed by atoms with Gasteiger partial charge in [-0.3, -0.25) is 4.57 Å². The molecule has 6 heteroatoms. The second kappa shape index (κ2) is 5.04. The van der Waals surface area contributed by atoms with E-state index in [2.05, 4.69) is 30.0 Å². The first-order valence-corrected chi connectivity index (χ1v) is 7.30. The summed E-state index contributed by atoms with van der Waals surface area (Å²) in [6.45, 7) is 6.89. The van der Waals surface area contributed by atoms with E-state index >= 15 is 0 Å². The molecule has 21 heavy (non-hydrogen) atoms. The Balaban J connectivity index is 2.42. The summed E-state index contributed by atoms with van der Waals surface area (Å²) in [4.78, 5) is 3.26. The number of ether oxygens (including phenoxy) is 1. The molecule has 110 valence electrons. The van der Waals surface area contributed by atoms with Gasteiger partial charge in [-0.25, -0.2) is 4.68 Å². The minimum absolute atomic E-state index is 0.650. The fourth-order valence-electron chi connectivity index (χ4n) is 2.62. The van der Waals surface area contributed by atoms with Crippen LogP contribution in [0.1, 0.15) is 18.2 Å². The molecule has 3 aromatic rings. The molecule has 1 N–H and O–H groups in total. The van der Waals surface area contributed by atoms with Crippen molar-refractivity contribution < 1.29 is 4.74 Å². The Morgan fingerprint density at radius 2 is 2.10 bits per heavy atom. The SMILES string of the molecule is CCn1nc(C)c2[nH]c(=S)n(-c3cc(C)ccc3OC)c21. The smallest absolute Gasteiger partial charge is 0.184 e. The molecule has 0 fully saturated rings. The topological polar surface area (TPSA) is 47.8 Å². The van der Waals surface area contributed by atoms with Gasteiger partial charge >= 0.3 is 0 Å². The van der Waals surface area contributed by atoms with E-state index in [-0.39, 0.29) is 0 Å². The van der Waals surface area contributed by atoms with Crippen molar-refractivity contribution in [2.24, 2.45) is 0 Å². The standard InChI is InChI=1S/C15H18N4OS/c1-5-18-14-13(10(3)17-18)16-15(21)19(14)11-8-9(2)6-7-12(11)20-4/h6-8H,5H2,1-4H3,(H,16,21). The number of aryl methyl sites for hydroxylation is 3. The quantitative estimate of drug-likeness (QED) is 0.753. The van der Waals surface area contributed by atoms with Crippen molar-refractivity contribution in [3.8, 4) is 11.4 Å². The fraction of sp³-hybridized carbons (Fsp3) is 0.333. The highest BCUT2D eigenvalue weighted by Gasteiger charge is 2.17. The normalized spacial score (nSPS) is 11.2. The monoisotopic (exact) mass is 302 g/mol. The molecule has 1 aromatic carbocycles. The number of rotatable bonds is 3. The van der Waals surface area contributed by atoms with Crippen LogP contribution < -0.4 is 4.74 Å². The number of imidazole rings is 1. The van der Waals surface area contributed by atoms with E-state index in [9.17, 15) is 0 Å². The maximum Gasteiger partial charge on any atom is 0.184 e. The van der Waals surface area contributed by atoms with Crippen molar-refractivity contribution in [3.63, 3.8) is 0 Å². The van der Waals surface area contributed by atoms with Crippen molar-refractivity contribution in [3.05, 3.63) is 34.2 Å². The summed E-state index contributed by atoms with van der Waals surface area (Å²) < 4.78 is 10.1. The van der Waals surface area contributed by atoms with Crippen molar-refractivity contribution in [2.45, 2.75) is 27.3 Å². The summed E-state index contributed by atoms with van der Waals surface area (Å²) in [7, 11) is 1.67. The predicted molar refractivity (Wildman–Crippen MR) is 85.9 cm³/mol. The highest BCUT2D eigenvalue weighted by Crippen LogP contribution is 2.29. The predicted octanol–water partition coefficient (Wildman–Crippen LogP) is 3.53. The summed E-state index contributed by atoms with van der Waals surface area (Å²) in [5.74, 6) is 0.791. The van der Waals surface area contributed by atoms with E-state index < -0.39 is 0 Å². The Morgan fingerprint density at radius 1 is 1.33 bits per heavy atom. The van der Waals surface area contributed by atoms with E-state index in [1.165, 1.54) is 0 Å². The van der Waals surface area contributed by atoms with Gasteiger partial charge in [0.2, 0.25) is 0 Å². The van der Waals surface area contributed by atoms with Crippen LogP contribution in [0.4, 0.5) is 0 Å². The lowest BCUT2D eigenvalue weighted by Gasteiger charge is -2.12. The van der Waals surface area contributed by atoms with Gasteiger partial charge in [-0.1, -0.05) is 6.07 Å². The van der Waals surface area contributed by atoms with E-state index in [1.54, 1.807) is 7.11 Å². The molecule has 2 aromatic heterocycles. The molecule has 0 aliphatic carbocycles. The minimum atomic E-state index is 0.650. The van der Waals surface area contributed by atoms with Gasteiger partial charge in [0.15, 0.2) is 10.4 Å². The molecule has 0 atom stereocenters. The van der Waals surface area contributed by atoms with Gasteiger partial charge in [0, 0.05) is 6.54 Å². The number of nitrogens with one attached hydrogen (secondary N) is 1. The number of H-pyrrole nitrogens is 1. The zero-order valence-electron chi connectivity index (χ0n) is 12.6. The van der Waals surface area contributed by atoms with E-state index in [1.807, 2.05) is 28.3 Å². The highest BCUT2D eigenvalue weighted by atomic mass is 32.1. The first-order chi connectivity index (χ1) is 10.1. The van der Waals surface area contributed by atoms with Gasteiger partial charge in [-0.15, -0.1) is 0 Å². The van der Waals surface area contributed by atoms with Crippen LogP contribution in [0.25, 0.3) is 16.9 Å². The fourth-order valence-corrected chi connectivity index (χ4v) is 2.91. The van der Waals surface area contributed by atoms with Crippen LogP contribution in [0.2, 0.25) is 0 Å². The third-order valence-corrected chi connectivity index (χ3v) is 3.91. The van der Waals surface area contributed by atoms with Crippen LogP contribution in [-0.2, 0) is 6.54 Å². The Bertz CT molecular complexity index is 872. The third kappa shape index (κ3) is 2.06. The lowest BCUT2D eigenvalue weighted by Crippen LogP contribution is -2.05. The molecule has 5 nitrogen and oxygen atoms in total. The van der Waals surface area contributed by atoms with Gasteiger partial charge in [0.25, 0.3) is 0 Å². The number of hydrogen-bond donors (Lipinski definition) is 1. The number of nitrogens with zero attached hydrogens (tertiary/aromatic N) is 3. The lowest BCUT2D eigenvalue weighted by atomic mass is 10.2. The molecule has 3 rings (SSSR count). The van der Waals surface area contributed by atoms with Crippen molar-refractivity contribution in [1.82, 2.24) is 19.3 Å². The minimum Gasteiger partial charge on any atom is -0.495 e. The Kier molecular flexibility index (Phi) is 3.33. The zero-order chi connectivity index (χ0) is 15.1. The van der Waals surface area contributed by atoms with Crippen molar-refractivity contribution in [1.29, 1.82) is 0 Å². The molecule has 0 radical (unpaired) electrons. The second-order valence-corrected chi connectivity index (χ2v) is 5.43. The Hall–Kier alpha value is -2.08. The molecule has 0 saturated carbocycles. The van der Waals surface area contributed by atoms with Crippen LogP contribution in [0, 0.1) is 18.6 Å². The molecule has 0 bridgehead atoms. The first-order valence-electron chi connectivity index (χ1n) is 6.90. The van der Waals surface area contributed by atoms with Crippen LogP contribution in [0.15, 0.2) is 18.2 Å². The number of benzene rings is 1. The van der Waals surface area contributed by atoms with Crippen LogP contribution in [-0.4, -0.2) is 26.4 Å². The molecule has 0 aliphatic rings. The van der Waals surface area contributed by atoms with Crippen LogP contribution in [0.5, 0.6) is 5.75 Å². The molecule has 0 unspecified atom stereocenters. The molecule has 0 saturated heterocycles. The Morgan fingerprint density at radius 3 is 2.76 bits per heavy atom.